The summed E-state index contributed by atoms with van der Waals surface area (Å²) in [4.78, 5) is 39.1. The van der Waals surface area contributed by atoms with Crippen LogP contribution < -0.4 is 0 Å². The van der Waals surface area contributed by atoms with Crippen LogP contribution in [0.1, 0.15) is 120 Å². The minimum Gasteiger partial charge on any atom is -0.337 e. The maximum atomic E-state index is 13.1. The van der Waals surface area contributed by atoms with Gasteiger partial charge in [0, 0.05) is 25.7 Å². The van der Waals surface area contributed by atoms with Gasteiger partial charge in [0.1, 0.15) is 11.4 Å². The second-order valence-corrected chi connectivity index (χ2v) is 20.2. The molecule has 0 aliphatic carbocycles. The highest BCUT2D eigenvalue weighted by molar-refractivity contribution is 7.91. The minimum atomic E-state index is -3.54. The Kier molecular flexibility index (Phi) is 15.1. The van der Waals surface area contributed by atoms with Gasteiger partial charge in [0.25, 0.3) is 11.8 Å². The van der Waals surface area contributed by atoms with E-state index in [0.29, 0.717) is 44.4 Å². The molecule has 0 radical (unpaired) electrons. The molecule has 0 N–H and O–H groups in total. The lowest BCUT2D eigenvalue weighted by atomic mass is 9.91. The second kappa shape index (κ2) is 19.6. The van der Waals surface area contributed by atoms with Gasteiger partial charge in [-0.05, 0) is 120 Å². The van der Waals surface area contributed by atoms with E-state index in [1.807, 2.05) is 35.8 Å². The van der Waals surface area contributed by atoms with Crippen molar-refractivity contribution >= 4 is 31.5 Å². The molecular formula is C46H60N4O6S2. The minimum absolute atomic E-state index is 0.106. The van der Waals surface area contributed by atoms with E-state index in [1.54, 1.807) is 74.5 Å². The maximum absolute atomic E-state index is 13.1. The molecule has 0 saturated carbocycles. The average Bonchev–Trinajstić information content (AvgIpc) is 3.18. The summed E-state index contributed by atoms with van der Waals surface area (Å²) in [6.45, 7) is 16.1. The van der Waals surface area contributed by atoms with Gasteiger partial charge in [0.15, 0.2) is 19.7 Å². The Morgan fingerprint density at radius 1 is 0.655 bits per heavy atom. The Morgan fingerprint density at radius 2 is 1.16 bits per heavy atom. The third-order valence-corrected chi connectivity index (χ3v) is 15.1. The van der Waals surface area contributed by atoms with Crippen molar-refractivity contribution in [3.8, 4) is 0 Å². The van der Waals surface area contributed by atoms with Gasteiger partial charge in [-0.25, -0.2) is 26.8 Å². The van der Waals surface area contributed by atoms with Gasteiger partial charge in [0.05, 0.1) is 32.7 Å². The number of hydrogen-bond donors (Lipinski definition) is 0. The number of aromatic nitrogens is 2. The molecule has 0 bridgehead atoms. The molecule has 2 aliphatic rings. The molecule has 4 heterocycles. The number of rotatable bonds is 11. The van der Waals surface area contributed by atoms with Crippen LogP contribution in [0.25, 0.3) is 0 Å². The van der Waals surface area contributed by atoms with E-state index in [9.17, 15) is 26.4 Å². The van der Waals surface area contributed by atoms with Gasteiger partial charge in [0.2, 0.25) is 0 Å². The molecule has 6 rings (SSSR count). The van der Waals surface area contributed by atoms with Crippen LogP contribution in [0.15, 0.2) is 82.6 Å². The summed E-state index contributed by atoms with van der Waals surface area (Å²) >= 11 is 0. The molecule has 2 amide bonds. The number of sulfone groups is 2. The fourth-order valence-corrected chi connectivity index (χ4v) is 11.2. The number of piperidine rings is 2. The van der Waals surface area contributed by atoms with Crippen LogP contribution in [0, 0.1) is 39.5 Å². The van der Waals surface area contributed by atoms with E-state index in [2.05, 4.69) is 30.7 Å². The quantitative estimate of drug-likeness (QED) is 0.147. The number of amides is 2. The van der Waals surface area contributed by atoms with Crippen molar-refractivity contribution in [2.24, 2.45) is 11.8 Å². The number of carbonyl (C=O) groups excluding carboxylic acids is 2. The lowest BCUT2D eigenvalue weighted by Gasteiger charge is -2.37. The summed E-state index contributed by atoms with van der Waals surface area (Å²) < 4.78 is 51.6. The van der Waals surface area contributed by atoms with Gasteiger partial charge in [-0.15, -0.1) is 0 Å². The normalized spacial score (nSPS) is 17.7. The number of carbonyl (C=O) groups is 2. The van der Waals surface area contributed by atoms with E-state index in [4.69, 9.17) is 0 Å². The highest BCUT2D eigenvalue weighted by Crippen LogP contribution is 2.27. The van der Waals surface area contributed by atoms with Crippen molar-refractivity contribution in [2.45, 2.75) is 121 Å². The van der Waals surface area contributed by atoms with Crippen LogP contribution in [0.2, 0.25) is 0 Å². The van der Waals surface area contributed by atoms with Crippen LogP contribution in [0.5, 0.6) is 0 Å². The van der Waals surface area contributed by atoms with Crippen LogP contribution in [0.3, 0.4) is 0 Å². The molecule has 2 aliphatic heterocycles. The Bertz CT molecular complexity index is 2300. The smallest absolute Gasteiger partial charge is 0.272 e. The summed E-state index contributed by atoms with van der Waals surface area (Å²) in [5.41, 5.74) is 4.94. The van der Waals surface area contributed by atoms with Crippen molar-refractivity contribution in [3.63, 3.8) is 0 Å². The number of aryl methyl sites for hydroxylation is 4. The topological polar surface area (TPSA) is 135 Å². The first-order valence-corrected chi connectivity index (χ1v) is 23.9. The molecule has 2 atom stereocenters. The first-order chi connectivity index (χ1) is 27.5. The maximum Gasteiger partial charge on any atom is 0.272 e. The molecule has 58 heavy (non-hydrogen) atoms. The van der Waals surface area contributed by atoms with Crippen LogP contribution in [0.4, 0.5) is 0 Å². The third kappa shape index (κ3) is 11.4. The number of hydrogen-bond acceptors (Lipinski definition) is 8. The Morgan fingerprint density at radius 3 is 1.62 bits per heavy atom. The Balaban J connectivity index is 0.000000221. The van der Waals surface area contributed by atoms with Crippen molar-refractivity contribution < 1.29 is 26.4 Å². The number of benzene rings is 2. The average molecular weight is 829 g/mol. The van der Waals surface area contributed by atoms with E-state index >= 15 is 0 Å². The third-order valence-electron chi connectivity index (χ3n) is 11.5. The van der Waals surface area contributed by atoms with Gasteiger partial charge < -0.3 is 9.80 Å². The van der Waals surface area contributed by atoms with E-state index in [0.717, 1.165) is 74.0 Å². The van der Waals surface area contributed by atoms with Crippen LogP contribution >= 0.6 is 0 Å². The SMILES string of the molecule is CCC1CCC(C)N(C(=O)c2cccc(CS(=O)(=O)c3ccc(C)cc3C)n2)C1.CCCC1CCN(C(=O)c2cccc(CS(=O)(=O)c3ccc(C)cc3C)n2)CC1. The van der Waals surface area contributed by atoms with Crippen molar-refractivity contribution in [1.82, 2.24) is 19.8 Å². The Hall–Kier alpha value is -4.42. The molecule has 2 aromatic heterocycles. The van der Waals surface area contributed by atoms with E-state index in [-0.39, 0.29) is 29.4 Å². The molecule has 312 valence electrons. The molecule has 0 spiro atoms. The molecule has 2 aromatic carbocycles. The summed E-state index contributed by atoms with van der Waals surface area (Å²) in [7, 11) is -7.07. The van der Waals surface area contributed by atoms with Gasteiger partial charge in [-0.2, -0.15) is 0 Å². The monoisotopic (exact) mass is 828 g/mol. The van der Waals surface area contributed by atoms with E-state index in [1.165, 1.54) is 12.8 Å². The second-order valence-electron chi connectivity index (χ2n) is 16.3. The van der Waals surface area contributed by atoms with Gasteiger partial charge in [-0.3, -0.25) is 9.59 Å². The molecular weight excluding hydrogens is 769 g/mol. The van der Waals surface area contributed by atoms with Gasteiger partial charge in [-0.1, -0.05) is 80.6 Å². The first-order valence-electron chi connectivity index (χ1n) is 20.6. The highest BCUT2D eigenvalue weighted by Gasteiger charge is 2.30. The summed E-state index contributed by atoms with van der Waals surface area (Å²) in [5.74, 6) is 0.573. The van der Waals surface area contributed by atoms with Crippen LogP contribution in [-0.4, -0.2) is 74.1 Å². The van der Waals surface area contributed by atoms with Crippen molar-refractivity contribution in [3.05, 3.63) is 118 Å². The molecule has 2 unspecified atom stereocenters. The predicted octanol–water partition coefficient (Wildman–Crippen LogP) is 8.65. The standard InChI is InChI=1S/2C23H30N2O3S/c1-5-19-11-10-18(4)25(14-19)23(26)21-8-6-7-20(24-21)15-29(27,28)22-12-9-16(2)13-17(22)3;1-4-6-19-11-13-25(14-12-19)23(26)21-8-5-7-20(24-21)16-29(27,28)22-10-9-17(2)15-18(22)3/h6-9,12-13,18-19H,5,10-11,14-15H2,1-4H3;5,7-10,15,19H,4,6,11-14,16H2,1-3H3. The lowest BCUT2D eigenvalue weighted by molar-refractivity contribution is 0.0550. The fourth-order valence-electron chi connectivity index (χ4n) is 8.14. The summed E-state index contributed by atoms with van der Waals surface area (Å²) in [6.07, 6.45) is 7.64. The van der Waals surface area contributed by atoms with Crippen molar-refractivity contribution in [2.75, 3.05) is 19.6 Å². The van der Waals surface area contributed by atoms with Crippen molar-refractivity contribution in [1.29, 1.82) is 0 Å². The summed E-state index contributed by atoms with van der Waals surface area (Å²) in [6, 6.07) is 20.9. The van der Waals surface area contributed by atoms with Gasteiger partial charge >= 0.3 is 0 Å². The molecule has 12 heteroatoms. The van der Waals surface area contributed by atoms with E-state index < -0.39 is 19.7 Å². The highest BCUT2D eigenvalue weighted by atomic mass is 32.2. The predicted molar refractivity (Wildman–Crippen MR) is 229 cm³/mol. The molecule has 2 fully saturated rings. The lowest BCUT2D eigenvalue weighted by Crippen LogP contribution is -2.45. The largest absolute Gasteiger partial charge is 0.337 e. The zero-order valence-electron chi connectivity index (χ0n) is 35.2. The number of pyridine rings is 2. The molecule has 4 aromatic rings. The zero-order valence-corrected chi connectivity index (χ0v) is 36.8. The summed E-state index contributed by atoms with van der Waals surface area (Å²) in [5, 5.41) is 0. The number of nitrogens with zero attached hydrogens (tertiary/aromatic N) is 4. The zero-order chi connectivity index (χ0) is 42.2. The fraction of sp³-hybridized carbons (Fsp3) is 0.478. The number of likely N-dealkylation sites (tertiary alicyclic amines) is 2. The molecule has 10 nitrogen and oxygen atoms in total. The molecule has 2 saturated heterocycles. The Labute approximate surface area is 346 Å². The first kappa shape index (κ1) is 44.7. The van der Waals surface area contributed by atoms with Crippen LogP contribution in [-0.2, 0) is 31.2 Å².